The van der Waals surface area contributed by atoms with Crippen molar-refractivity contribution >= 4 is 36.0 Å². The first-order valence-corrected chi connectivity index (χ1v) is 10.4. The highest BCUT2D eigenvalue weighted by Crippen LogP contribution is 2.28. The molecule has 0 atom stereocenters. The smallest absolute Gasteiger partial charge is 0.410 e. The molecule has 30 heavy (non-hydrogen) atoms. The minimum atomic E-state index is -0.473. The number of carbonyl (C=O) groups excluding carboxylic acids is 1. The van der Waals surface area contributed by atoms with Crippen LogP contribution in [0.4, 0.5) is 4.79 Å². The maximum atomic E-state index is 12.5. The standard InChI is InChI=1S/C20H34N6O3.HI/c1-20(2,3)29-19(27)26(17-5-6-17)9-8-22-18(21-4)25-12-10-24(11-13-25)15-16-7-14-28-23-16;/h7,14,17H,5-6,8-13,15H2,1-4H3,(H,21,22);1H. The molecule has 2 aliphatic rings. The van der Waals surface area contributed by atoms with E-state index in [0.29, 0.717) is 19.1 Å². The first kappa shape index (κ1) is 24.7. The molecule has 10 heteroatoms. The molecule has 9 nitrogen and oxygen atoms in total. The fourth-order valence-electron chi connectivity index (χ4n) is 3.42. The van der Waals surface area contributed by atoms with E-state index in [1.54, 1.807) is 13.3 Å². The Kier molecular flexibility index (Phi) is 9.20. The fraction of sp³-hybridized carbons (Fsp3) is 0.750. The monoisotopic (exact) mass is 534 g/mol. The first-order valence-electron chi connectivity index (χ1n) is 10.4. The predicted octanol–water partition coefficient (Wildman–Crippen LogP) is 2.39. The van der Waals surface area contributed by atoms with Crippen LogP contribution in [0.1, 0.15) is 39.3 Å². The molecule has 2 fully saturated rings. The number of hydrogen-bond donors (Lipinski definition) is 1. The maximum absolute atomic E-state index is 12.5. The third kappa shape index (κ3) is 7.60. The van der Waals surface area contributed by atoms with Gasteiger partial charge in [0.05, 0.1) is 5.69 Å². The van der Waals surface area contributed by atoms with Crippen LogP contribution in [0.5, 0.6) is 0 Å². The number of nitrogens with one attached hydrogen (secondary N) is 1. The van der Waals surface area contributed by atoms with Gasteiger partial charge in [-0.2, -0.15) is 0 Å². The van der Waals surface area contributed by atoms with Crippen molar-refractivity contribution in [2.45, 2.75) is 51.8 Å². The van der Waals surface area contributed by atoms with Gasteiger partial charge < -0.3 is 24.4 Å². The van der Waals surface area contributed by atoms with Crippen molar-refractivity contribution in [2.24, 2.45) is 4.99 Å². The van der Waals surface area contributed by atoms with Gasteiger partial charge in [-0.3, -0.25) is 9.89 Å². The molecule has 1 amide bonds. The van der Waals surface area contributed by atoms with Crippen LogP contribution in [0.3, 0.4) is 0 Å². The van der Waals surface area contributed by atoms with Gasteiger partial charge in [0.15, 0.2) is 5.96 Å². The molecule has 1 N–H and O–H groups in total. The van der Waals surface area contributed by atoms with Gasteiger partial charge in [-0.25, -0.2) is 4.79 Å². The molecule has 3 rings (SSSR count). The topological polar surface area (TPSA) is 86.4 Å². The quantitative estimate of drug-likeness (QED) is 0.341. The molecular weight excluding hydrogens is 499 g/mol. The zero-order valence-corrected chi connectivity index (χ0v) is 20.8. The number of halogens is 1. The van der Waals surface area contributed by atoms with E-state index >= 15 is 0 Å². The molecular formula is C20H35IN6O3. The number of guanidine groups is 1. The Morgan fingerprint density at radius 2 is 2.03 bits per heavy atom. The lowest BCUT2D eigenvalue weighted by Gasteiger charge is -2.36. The van der Waals surface area contributed by atoms with E-state index in [0.717, 1.165) is 57.2 Å². The molecule has 0 spiro atoms. The molecule has 0 unspecified atom stereocenters. The summed E-state index contributed by atoms with van der Waals surface area (Å²) in [5, 5.41) is 7.40. The normalized spacial score (nSPS) is 18.0. The van der Waals surface area contributed by atoms with Crippen molar-refractivity contribution in [1.82, 2.24) is 25.2 Å². The number of nitrogens with zero attached hydrogens (tertiary/aromatic N) is 5. The number of rotatable bonds is 6. The van der Waals surface area contributed by atoms with Crippen molar-refractivity contribution in [3.05, 3.63) is 18.0 Å². The van der Waals surface area contributed by atoms with Crippen LogP contribution in [-0.4, -0.2) is 89.9 Å². The van der Waals surface area contributed by atoms with Crippen LogP contribution in [0.15, 0.2) is 21.8 Å². The lowest BCUT2D eigenvalue weighted by molar-refractivity contribution is 0.0237. The zero-order valence-electron chi connectivity index (χ0n) is 18.5. The molecule has 1 aromatic rings. The van der Waals surface area contributed by atoms with Gasteiger partial charge in [0.2, 0.25) is 0 Å². The highest BCUT2D eigenvalue weighted by molar-refractivity contribution is 14.0. The minimum absolute atomic E-state index is 0. The van der Waals surface area contributed by atoms with Crippen molar-refractivity contribution < 1.29 is 14.1 Å². The average Bonchev–Trinajstić information content (AvgIpc) is 3.37. The summed E-state index contributed by atoms with van der Waals surface area (Å²) in [5.41, 5.74) is 0.488. The SMILES string of the molecule is CN=C(NCCN(C(=O)OC(C)(C)C)C1CC1)N1CCN(Cc2ccon2)CC1.I. The predicted molar refractivity (Wildman–Crippen MR) is 126 cm³/mol. The highest BCUT2D eigenvalue weighted by atomic mass is 127. The van der Waals surface area contributed by atoms with Gasteiger partial charge in [0.1, 0.15) is 11.9 Å². The fourth-order valence-corrected chi connectivity index (χ4v) is 3.42. The Balaban J connectivity index is 0.00000320. The van der Waals surface area contributed by atoms with Crippen molar-refractivity contribution in [1.29, 1.82) is 0 Å². The van der Waals surface area contributed by atoms with E-state index in [9.17, 15) is 4.79 Å². The van der Waals surface area contributed by atoms with Crippen molar-refractivity contribution in [3.63, 3.8) is 0 Å². The molecule has 0 aromatic carbocycles. The zero-order chi connectivity index (χ0) is 20.9. The third-order valence-electron chi connectivity index (χ3n) is 5.01. The number of piperazine rings is 1. The second kappa shape index (κ2) is 11.2. The Morgan fingerprint density at radius 1 is 1.33 bits per heavy atom. The largest absolute Gasteiger partial charge is 0.444 e. The van der Waals surface area contributed by atoms with Crippen LogP contribution in [0.2, 0.25) is 0 Å². The molecule has 170 valence electrons. The summed E-state index contributed by atoms with van der Waals surface area (Å²) in [4.78, 5) is 23.4. The summed E-state index contributed by atoms with van der Waals surface area (Å²) < 4.78 is 10.5. The number of amides is 1. The minimum Gasteiger partial charge on any atom is -0.444 e. The van der Waals surface area contributed by atoms with Crippen LogP contribution in [-0.2, 0) is 11.3 Å². The van der Waals surface area contributed by atoms with Gasteiger partial charge in [-0.1, -0.05) is 5.16 Å². The second-order valence-electron chi connectivity index (χ2n) is 8.63. The van der Waals surface area contributed by atoms with Gasteiger partial charge >= 0.3 is 6.09 Å². The van der Waals surface area contributed by atoms with Gasteiger partial charge in [0.25, 0.3) is 0 Å². The Morgan fingerprint density at radius 3 is 2.57 bits per heavy atom. The summed E-state index contributed by atoms with van der Waals surface area (Å²) in [6.45, 7) is 11.5. The first-order chi connectivity index (χ1) is 13.9. The Hall–Kier alpha value is -1.56. The lowest BCUT2D eigenvalue weighted by atomic mass is 10.2. The molecule has 0 radical (unpaired) electrons. The third-order valence-corrected chi connectivity index (χ3v) is 5.01. The molecule has 1 saturated heterocycles. The van der Waals surface area contributed by atoms with Crippen LogP contribution in [0.25, 0.3) is 0 Å². The van der Waals surface area contributed by atoms with Gasteiger partial charge in [-0.05, 0) is 33.6 Å². The summed E-state index contributed by atoms with van der Waals surface area (Å²) >= 11 is 0. The molecule has 1 aliphatic carbocycles. The van der Waals surface area contributed by atoms with Crippen molar-refractivity contribution in [3.8, 4) is 0 Å². The molecule has 0 bridgehead atoms. The number of ether oxygens (including phenoxy) is 1. The summed E-state index contributed by atoms with van der Waals surface area (Å²) in [6, 6.07) is 2.22. The number of hydrogen-bond acceptors (Lipinski definition) is 6. The second-order valence-corrected chi connectivity index (χ2v) is 8.63. The van der Waals surface area contributed by atoms with Crippen LogP contribution < -0.4 is 5.32 Å². The molecule has 1 aromatic heterocycles. The molecule has 2 heterocycles. The van der Waals surface area contributed by atoms with E-state index in [-0.39, 0.29) is 30.1 Å². The summed E-state index contributed by atoms with van der Waals surface area (Å²) in [5.74, 6) is 0.881. The average molecular weight is 534 g/mol. The number of carbonyl (C=O) groups is 1. The highest BCUT2D eigenvalue weighted by Gasteiger charge is 2.35. The van der Waals surface area contributed by atoms with Gasteiger partial charge in [-0.15, -0.1) is 24.0 Å². The van der Waals surface area contributed by atoms with E-state index in [1.165, 1.54) is 0 Å². The Bertz CT molecular complexity index is 679. The number of aliphatic imine (C=N–C) groups is 1. The van der Waals surface area contributed by atoms with E-state index in [1.807, 2.05) is 31.7 Å². The lowest BCUT2D eigenvalue weighted by Crippen LogP contribution is -2.53. The van der Waals surface area contributed by atoms with E-state index in [4.69, 9.17) is 9.26 Å². The van der Waals surface area contributed by atoms with Crippen LogP contribution >= 0.6 is 24.0 Å². The van der Waals surface area contributed by atoms with E-state index in [2.05, 4.69) is 25.3 Å². The molecule has 1 saturated carbocycles. The van der Waals surface area contributed by atoms with Gasteiger partial charge in [0, 0.05) is 65.0 Å². The summed E-state index contributed by atoms with van der Waals surface area (Å²) in [7, 11) is 1.80. The maximum Gasteiger partial charge on any atom is 0.410 e. The Labute approximate surface area is 196 Å². The van der Waals surface area contributed by atoms with Crippen molar-refractivity contribution in [2.75, 3.05) is 46.3 Å². The van der Waals surface area contributed by atoms with E-state index < -0.39 is 5.60 Å². The summed E-state index contributed by atoms with van der Waals surface area (Å²) in [6.07, 6.45) is 3.50. The molecule has 1 aliphatic heterocycles. The van der Waals surface area contributed by atoms with Crippen LogP contribution in [0, 0.1) is 0 Å². The number of aromatic nitrogens is 1.